The van der Waals surface area contributed by atoms with Crippen molar-refractivity contribution >= 4 is 11.8 Å². The Kier molecular flexibility index (Phi) is 6.38. The molecule has 1 N–H and O–H groups in total. The van der Waals surface area contributed by atoms with E-state index in [4.69, 9.17) is 0 Å². The number of rotatable bonds is 7. The molecule has 1 fully saturated rings. The molecular weight excluding hydrogens is 178 g/mol. The Bertz CT molecular complexity index is 130. The molecule has 0 atom stereocenters. The summed E-state index contributed by atoms with van der Waals surface area (Å²) in [6.45, 7) is 5.75. The highest BCUT2D eigenvalue weighted by molar-refractivity contribution is 7.99. The van der Waals surface area contributed by atoms with Crippen LogP contribution in [0.3, 0.4) is 0 Å². The van der Waals surface area contributed by atoms with Crippen molar-refractivity contribution in [2.45, 2.75) is 25.7 Å². The summed E-state index contributed by atoms with van der Waals surface area (Å²) in [5, 5.41) is 3.32. The van der Waals surface area contributed by atoms with Gasteiger partial charge >= 0.3 is 0 Å². The zero-order valence-corrected chi connectivity index (χ0v) is 9.24. The summed E-state index contributed by atoms with van der Waals surface area (Å²) >= 11 is 2.10. The summed E-state index contributed by atoms with van der Waals surface area (Å²) in [6, 6.07) is 0. The molecule has 1 aliphatic rings. The summed E-state index contributed by atoms with van der Waals surface area (Å²) in [6.07, 6.45) is 7.82. The normalized spacial score (nSPS) is 17.8. The van der Waals surface area contributed by atoms with Crippen LogP contribution in [-0.4, -0.2) is 24.6 Å². The van der Waals surface area contributed by atoms with Gasteiger partial charge in [0.1, 0.15) is 0 Å². The van der Waals surface area contributed by atoms with E-state index >= 15 is 0 Å². The Morgan fingerprint density at radius 1 is 1.38 bits per heavy atom. The summed E-state index contributed by atoms with van der Waals surface area (Å²) in [5.74, 6) is 3.67. The van der Waals surface area contributed by atoms with Gasteiger partial charge < -0.3 is 5.32 Å². The third kappa shape index (κ3) is 5.37. The molecule has 0 heterocycles. The predicted octanol–water partition coefficient (Wildman–Crippen LogP) is 2.69. The van der Waals surface area contributed by atoms with Gasteiger partial charge in [-0.2, -0.15) is 11.8 Å². The molecule has 0 aliphatic heterocycles. The van der Waals surface area contributed by atoms with Crippen molar-refractivity contribution in [3.05, 3.63) is 12.7 Å². The Balaban J connectivity index is 1.80. The molecule has 2 heteroatoms. The van der Waals surface area contributed by atoms with E-state index in [9.17, 15) is 0 Å². The van der Waals surface area contributed by atoms with E-state index in [0.717, 1.165) is 19.0 Å². The smallest absolute Gasteiger partial charge is 0.0132 e. The summed E-state index contributed by atoms with van der Waals surface area (Å²) in [4.78, 5) is 0. The van der Waals surface area contributed by atoms with Gasteiger partial charge in [-0.15, -0.1) is 6.58 Å². The topological polar surface area (TPSA) is 12.0 Å². The molecule has 1 nitrogen and oxygen atoms in total. The SMILES string of the molecule is C=CCNCCSCC1CCCC1. The first-order valence-electron chi connectivity index (χ1n) is 5.33. The lowest BCUT2D eigenvalue weighted by Gasteiger charge is -2.07. The Labute approximate surface area is 86.4 Å². The molecule has 1 saturated carbocycles. The number of thioether (sulfide) groups is 1. The number of hydrogen-bond acceptors (Lipinski definition) is 2. The molecule has 0 aromatic carbocycles. The highest BCUT2D eigenvalue weighted by Gasteiger charge is 2.13. The Morgan fingerprint density at radius 3 is 2.85 bits per heavy atom. The second kappa shape index (κ2) is 7.45. The average molecular weight is 199 g/mol. The molecule has 0 radical (unpaired) electrons. The minimum Gasteiger partial charge on any atom is -0.312 e. The molecule has 0 unspecified atom stereocenters. The van der Waals surface area contributed by atoms with Gasteiger partial charge in [0.05, 0.1) is 0 Å². The van der Waals surface area contributed by atoms with Crippen LogP contribution in [0.1, 0.15) is 25.7 Å². The van der Waals surface area contributed by atoms with Gasteiger partial charge in [-0.1, -0.05) is 18.9 Å². The van der Waals surface area contributed by atoms with E-state index in [1.807, 2.05) is 6.08 Å². The van der Waals surface area contributed by atoms with Crippen molar-refractivity contribution in [3.8, 4) is 0 Å². The van der Waals surface area contributed by atoms with Gasteiger partial charge in [0.2, 0.25) is 0 Å². The first kappa shape index (κ1) is 11.1. The van der Waals surface area contributed by atoms with Crippen LogP contribution in [0.25, 0.3) is 0 Å². The van der Waals surface area contributed by atoms with Crippen molar-refractivity contribution in [3.63, 3.8) is 0 Å². The number of hydrogen-bond donors (Lipinski definition) is 1. The van der Waals surface area contributed by atoms with Gasteiger partial charge in [0.25, 0.3) is 0 Å². The predicted molar refractivity (Wildman–Crippen MR) is 62.3 cm³/mol. The lowest BCUT2D eigenvalue weighted by Crippen LogP contribution is -2.17. The minimum absolute atomic E-state index is 0.948. The van der Waals surface area contributed by atoms with Crippen LogP contribution < -0.4 is 5.32 Å². The standard InChI is InChI=1S/C11H21NS/c1-2-7-12-8-9-13-10-11-5-3-4-6-11/h2,11-12H,1,3-10H2. The molecular formula is C11H21NS. The third-order valence-electron chi connectivity index (χ3n) is 2.54. The van der Waals surface area contributed by atoms with Crippen LogP contribution in [-0.2, 0) is 0 Å². The van der Waals surface area contributed by atoms with Crippen LogP contribution in [0.4, 0.5) is 0 Å². The fraction of sp³-hybridized carbons (Fsp3) is 0.818. The molecule has 0 saturated heterocycles. The largest absolute Gasteiger partial charge is 0.312 e. The summed E-state index contributed by atoms with van der Waals surface area (Å²) in [5.41, 5.74) is 0. The lowest BCUT2D eigenvalue weighted by atomic mass is 10.1. The second-order valence-corrected chi connectivity index (χ2v) is 4.87. The molecule has 0 amide bonds. The molecule has 13 heavy (non-hydrogen) atoms. The van der Waals surface area contributed by atoms with Crippen LogP contribution in [0.15, 0.2) is 12.7 Å². The van der Waals surface area contributed by atoms with Crippen LogP contribution in [0.5, 0.6) is 0 Å². The number of nitrogens with one attached hydrogen (secondary N) is 1. The van der Waals surface area contributed by atoms with Gasteiger partial charge in [-0.05, 0) is 24.5 Å². The van der Waals surface area contributed by atoms with Gasteiger partial charge in [-0.3, -0.25) is 0 Å². The maximum atomic E-state index is 3.67. The lowest BCUT2D eigenvalue weighted by molar-refractivity contribution is 0.623. The van der Waals surface area contributed by atoms with Crippen LogP contribution in [0.2, 0.25) is 0 Å². The maximum absolute atomic E-state index is 3.67. The average Bonchev–Trinajstić information content (AvgIpc) is 2.63. The second-order valence-electron chi connectivity index (χ2n) is 3.72. The van der Waals surface area contributed by atoms with Crippen LogP contribution in [0, 0.1) is 5.92 Å². The molecule has 1 rings (SSSR count). The van der Waals surface area contributed by atoms with Gasteiger partial charge in [0, 0.05) is 18.8 Å². The van der Waals surface area contributed by atoms with Crippen LogP contribution >= 0.6 is 11.8 Å². The molecule has 0 bridgehead atoms. The minimum atomic E-state index is 0.948. The van der Waals surface area contributed by atoms with Crippen molar-refractivity contribution in [2.24, 2.45) is 5.92 Å². The van der Waals surface area contributed by atoms with E-state index in [2.05, 4.69) is 23.7 Å². The molecule has 0 aromatic rings. The van der Waals surface area contributed by atoms with E-state index in [0.29, 0.717) is 0 Å². The highest BCUT2D eigenvalue weighted by atomic mass is 32.2. The van der Waals surface area contributed by atoms with E-state index in [1.54, 1.807) is 0 Å². The maximum Gasteiger partial charge on any atom is 0.0132 e. The zero-order chi connectivity index (χ0) is 9.36. The molecule has 1 aliphatic carbocycles. The Hall–Kier alpha value is 0.0500. The van der Waals surface area contributed by atoms with Crippen molar-refractivity contribution in [1.29, 1.82) is 0 Å². The molecule has 76 valence electrons. The van der Waals surface area contributed by atoms with Crippen molar-refractivity contribution in [2.75, 3.05) is 24.6 Å². The fourth-order valence-corrected chi connectivity index (χ4v) is 2.90. The van der Waals surface area contributed by atoms with E-state index in [1.165, 1.54) is 37.2 Å². The van der Waals surface area contributed by atoms with Crippen molar-refractivity contribution in [1.82, 2.24) is 5.32 Å². The Morgan fingerprint density at radius 2 is 2.15 bits per heavy atom. The van der Waals surface area contributed by atoms with Crippen molar-refractivity contribution < 1.29 is 0 Å². The fourth-order valence-electron chi connectivity index (χ4n) is 1.78. The highest BCUT2D eigenvalue weighted by Crippen LogP contribution is 2.27. The summed E-state index contributed by atoms with van der Waals surface area (Å²) < 4.78 is 0. The third-order valence-corrected chi connectivity index (χ3v) is 3.74. The van der Waals surface area contributed by atoms with Gasteiger partial charge in [-0.25, -0.2) is 0 Å². The quantitative estimate of drug-likeness (QED) is 0.500. The molecule has 0 spiro atoms. The van der Waals surface area contributed by atoms with Gasteiger partial charge in [0.15, 0.2) is 0 Å². The van der Waals surface area contributed by atoms with E-state index < -0.39 is 0 Å². The monoisotopic (exact) mass is 199 g/mol. The summed E-state index contributed by atoms with van der Waals surface area (Å²) in [7, 11) is 0. The first-order chi connectivity index (χ1) is 6.43. The molecule has 0 aromatic heterocycles. The zero-order valence-electron chi connectivity index (χ0n) is 8.43. The van der Waals surface area contributed by atoms with E-state index in [-0.39, 0.29) is 0 Å². The first-order valence-corrected chi connectivity index (χ1v) is 6.48.